The number of para-hydroxylation sites is 1. The van der Waals surface area contributed by atoms with Crippen molar-refractivity contribution < 1.29 is 0 Å². The van der Waals surface area contributed by atoms with Crippen molar-refractivity contribution in [3.05, 3.63) is 64.2 Å². The van der Waals surface area contributed by atoms with Crippen LogP contribution in [0.3, 0.4) is 0 Å². The first-order chi connectivity index (χ1) is 10.2. The molecule has 0 aliphatic carbocycles. The number of alkyl halides is 1. The molecule has 0 bridgehead atoms. The Balaban J connectivity index is 2.14. The summed E-state index contributed by atoms with van der Waals surface area (Å²) in [5.74, 6) is 0.696. The molecule has 0 atom stereocenters. The van der Waals surface area contributed by atoms with Gasteiger partial charge in [0, 0.05) is 6.20 Å². The van der Waals surface area contributed by atoms with Gasteiger partial charge in [0.15, 0.2) is 0 Å². The van der Waals surface area contributed by atoms with Crippen molar-refractivity contribution in [3.63, 3.8) is 0 Å². The van der Waals surface area contributed by atoms with Gasteiger partial charge in [-0.3, -0.25) is 19.3 Å². The van der Waals surface area contributed by atoms with Crippen LogP contribution in [0.1, 0.15) is 17.2 Å². The first-order valence-electron chi connectivity index (χ1n) is 6.51. The number of hydrogen-bond donors (Lipinski definition) is 0. The molecular formula is C15H13ClN4O. The van der Waals surface area contributed by atoms with Crippen LogP contribution in [-0.4, -0.2) is 19.5 Å². The highest BCUT2D eigenvalue weighted by molar-refractivity contribution is 6.16. The Bertz CT molecular complexity index is 842. The van der Waals surface area contributed by atoms with E-state index in [1.54, 1.807) is 23.0 Å². The van der Waals surface area contributed by atoms with Crippen molar-refractivity contribution >= 4 is 22.5 Å². The van der Waals surface area contributed by atoms with E-state index in [1.807, 2.05) is 25.1 Å². The molecule has 106 valence electrons. The van der Waals surface area contributed by atoms with Gasteiger partial charge >= 0.3 is 0 Å². The largest absolute Gasteiger partial charge is 0.289 e. The second-order valence-corrected chi connectivity index (χ2v) is 4.99. The molecule has 0 spiro atoms. The third-order valence-electron chi connectivity index (χ3n) is 3.21. The summed E-state index contributed by atoms with van der Waals surface area (Å²) in [7, 11) is 0. The maximum absolute atomic E-state index is 12.6. The molecule has 6 heteroatoms. The van der Waals surface area contributed by atoms with E-state index in [1.165, 1.54) is 0 Å². The molecule has 0 amide bonds. The molecule has 0 radical (unpaired) electrons. The minimum atomic E-state index is -0.112. The zero-order chi connectivity index (χ0) is 14.8. The molecule has 3 rings (SSSR count). The number of fused-ring (bicyclic) bond motifs is 1. The molecule has 0 fully saturated rings. The highest BCUT2D eigenvalue weighted by Gasteiger charge is 2.11. The SMILES string of the molecule is Cc1cnc(Cn2c(CCl)nc3ccccc3c2=O)cn1. The van der Waals surface area contributed by atoms with Gasteiger partial charge in [0.25, 0.3) is 5.56 Å². The van der Waals surface area contributed by atoms with E-state index in [0.717, 1.165) is 5.69 Å². The summed E-state index contributed by atoms with van der Waals surface area (Å²) in [6.45, 7) is 2.18. The third kappa shape index (κ3) is 2.64. The van der Waals surface area contributed by atoms with E-state index in [4.69, 9.17) is 11.6 Å². The van der Waals surface area contributed by atoms with Crippen LogP contribution < -0.4 is 5.56 Å². The van der Waals surface area contributed by atoms with E-state index >= 15 is 0 Å². The van der Waals surface area contributed by atoms with Gasteiger partial charge < -0.3 is 0 Å². The monoisotopic (exact) mass is 300 g/mol. The minimum absolute atomic E-state index is 0.112. The van der Waals surface area contributed by atoms with Gasteiger partial charge in [0.05, 0.1) is 40.9 Å². The Morgan fingerprint density at radius 1 is 1.19 bits per heavy atom. The van der Waals surface area contributed by atoms with Gasteiger partial charge in [-0.1, -0.05) is 12.1 Å². The molecular weight excluding hydrogens is 288 g/mol. The number of aromatic nitrogens is 4. The third-order valence-corrected chi connectivity index (χ3v) is 3.45. The van der Waals surface area contributed by atoms with E-state index in [0.29, 0.717) is 29.0 Å². The van der Waals surface area contributed by atoms with Crippen molar-refractivity contribution in [3.8, 4) is 0 Å². The lowest BCUT2D eigenvalue weighted by molar-refractivity contribution is 0.688. The van der Waals surface area contributed by atoms with Crippen LogP contribution in [0.5, 0.6) is 0 Å². The summed E-state index contributed by atoms with van der Waals surface area (Å²) in [4.78, 5) is 25.5. The summed E-state index contributed by atoms with van der Waals surface area (Å²) >= 11 is 5.94. The minimum Gasteiger partial charge on any atom is -0.289 e. The Labute approximate surface area is 126 Å². The van der Waals surface area contributed by atoms with Crippen molar-refractivity contribution in [1.82, 2.24) is 19.5 Å². The maximum Gasteiger partial charge on any atom is 0.261 e. The summed E-state index contributed by atoms with van der Waals surface area (Å²) in [5.41, 5.74) is 2.08. The Kier molecular flexibility index (Phi) is 3.66. The smallest absolute Gasteiger partial charge is 0.261 e. The van der Waals surface area contributed by atoms with Gasteiger partial charge in [-0.05, 0) is 19.1 Å². The summed E-state index contributed by atoms with van der Waals surface area (Å²) in [6.07, 6.45) is 3.34. The van der Waals surface area contributed by atoms with Crippen LogP contribution >= 0.6 is 11.6 Å². The highest BCUT2D eigenvalue weighted by atomic mass is 35.5. The molecule has 0 N–H and O–H groups in total. The van der Waals surface area contributed by atoms with Crippen LogP contribution in [0, 0.1) is 6.92 Å². The van der Waals surface area contributed by atoms with Gasteiger partial charge in [-0.25, -0.2) is 4.98 Å². The van der Waals surface area contributed by atoms with Crippen molar-refractivity contribution in [2.45, 2.75) is 19.3 Å². The van der Waals surface area contributed by atoms with Crippen molar-refractivity contribution in [2.75, 3.05) is 0 Å². The predicted octanol–water partition coefficient (Wildman–Crippen LogP) is 2.28. The summed E-state index contributed by atoms with van der Waals surface area (Å²) < 4.78 is 1.55. The van der Waals surface area contributed by atoms with Crippen molar-refractivity contribution in [1.29, 1.82) is 0 Å². The van der Waals surface area contributed by atoms with E-state index < -0.39 is 0 Å². The second kappa shape index (κ2) is 5.61. The standard InChI is InChI=1S/C15H13ClN4O/c1-10-7-18-11(8-17-10)9-20-14(6-16)19-13-5-3-2-4-12(13)15(20)21/h2-5,7-8H,6,9H2,1H3. The fourth-order valence-electron chi connectivity index (χ4n) is 2.14. The molecule has 3 aromatic rings. The van der Waals surface area contributed by atoms with Gasteiger partial charge in [-0.15, -0.1) is 11.6 Å². The number of aryl methyl sites for hydroxylation is 1. The molecule has 21 heavy (non-hydrogen) atoms. The molecule has 5 nitrogen and oxygen atoms in total. The van der Waals surface area contributed by atoms with Crippen LogP contribution in [0.4, 0.5) is 0 Å². The summed E-state index contributed by atoms with van der Waals surface area (Å²) in [5, 5.41) is 0.575. The lowest BCUT2D eigenvalue weighted by Gasteiger charge is -2.11. The van der Waals surface area contributed by atoms with E-state index in [9.17, 15) is 4.79 Å². The maximum atomic E-state index is 12.6. The second-order valence-electron chi connectivity index (χ2n) is 4.72. The topological polar surface area (TPSA) is 60.7 Å². The zero-order valence-corrected chi connectivity index (χ0v) is 12.2. The van der Waals surface area contributed by atoms with Crippen molar-refractivity contribution in [2.24, 2.45) is 0 Å². The van der Waals surface area contributed by atoms with Gasteiger partial charge in [-0.2, -0.15) is 0 Å². The molecule has 0 aliphatic rings. The molecule has 0 unspecified atom stereocenters. The van der Waals surface area contributed by atoms with Crippen LogP contribution in [-0.2, 0) is 12.4 Å². The molecule has 2 aromatic heterocycles. The highest BCUT2D eigenvalue weighted by Crippen LogP contribution is 2.10. The average molecular weight is 301 g/mol. The Morgan fingerprint density at radius 3 is 2.71 bits per heavy atom. The number of rotatable bonds is 3. The van der Waals surface area contributed by atoms with Crippen LogP contribution in [0.2, 0.25) is 0 Å². The first kappa shape index (κ1) is 13.7. The Hall–Kier alpha value is -2.27. The molecule has 0 saturated carbocycles. The number of benzene rings is 1. The zero-order valence-electron chi connectivity index (χ0n) is 11.5. The molecule has 0 saturated heterocycles. The quantitative estimate of drug-likeness (QED) is 0.696. The Morgan fingerprint density at radius 2 is 2.00 bits per heavy atom. The number of nitrogens with zero attached hydrogens (tertiary/aromatic N) is 4. The number of halogens is 1. The molecule has 2 heterocycles. The fourth-order valence-corrected chi connectivity index (χ4v) is 2.35. The fraction of sp³-hybridized carbons (Fsp3) is 0.200. The molecule has 0 aliphatic heterocycles. The van der Waals surface area contributed by atoms with E-state index in [-0.39, 0.29) is 11.4 Å². The predicted molar refractivity (Wildman–Crippen MR) is 81.4 cm³/mol. The van der Waals surface area contributed by atoms with E-state index in [2.05, 4.69) is 15.0 Å². The average Bonchev–Trinajstić information content (AvgIpc) is 2.52. The number of hydrogen-bond acceptors (Lipinski definition) is 4. The van der Waals surface area contributed by atoms with Crippen LogP contribution in [0.15, 0.2) is 41.5 Å². The normalized spacial score (nSPS) is 11.0. The lowest BCUT2D eigenvalue weighted by atomic mass is 10.2. The first-order valence-corrected chi connectivity index (χ1v) is 7.04. The van der Waals surface area contributed by atoms with Gasteiger partial charge in [0.2, 0.25) is 0 Å². The molecule has 1 aromatic carbocycles. The van der Waals surface area contributed by atoms with Crippen LogP contribution in [0.25, 0.3) is 10.9 Å². The lowest BCUT2D eigenvalue weighted by Crippen LogP contribution is -2.26. The summed E-state index contributed by atoms with van der Waals surface area (Å²) in [6, 6.07) is 7.24. The van der Waals surface area contributed by atoms with Gasteiger partial charge in [0.1, 0.15) is 5.82 Å².